The van der Waals surface area contributed by atoms with E-state index >= 15 is 0 Å². The van der Waals surface area contributed by atoms with Crippen LogP contribution in [0.2, 0.25) is 0 Å². The van der Waals surface area contributed by atoms with E-state index in [0.717, 1.165) is 48.5 Å². The van der Waals surface area contributed by atoms with Crippen molar-refractivity contribution in [1.29, 1.82) is 0 Å². The van der Waals surface area contributed by atoms with Gasteiger partial charge in [-0.25, -0.2) is 9.97 Å². The van der Waals surface area contributed by atoms with Crippen LogP contribution >= 0.6 is 11.8 Å². The molecule has 3 rings (SSSR count). The topological polar surface area (TPSA) is 76.6 Å². The number of aromatic nitrogens is 2. The summed E-state index contributed by atoms with van der Waals surface area (Å²) in [5.41, 5.74) is 2.66. The van der Waals surface area contributed by atoms with E-state index in [0.29, 0.717) is 24.5 Å². The van der Waals surface area contributed by atoms with Crippen LogP contribution in [0.5, 0.6) is 0 Å². The maximum Gasteiger partial charge on any atom is 0.251 e. The number of rotatable bonds is 8. The normalized spacial score (nSPS) is 14.5. The molecule has 0 radical (unpaired) electrons. The van der Waals surface area contributed by atoms with Crippen molar-refractivity contribution in [2.24, 2.45) is 0 Å². The van der Waals surface area contributed by atoms with Crippen LogP contribution in [-0.4, -0.2) is 62.4 Å². The Morgan fingerprint density at radius 1 is 1.23 bits per heavy atom. The molecule has 1 saturated heterocycles. The largest absolute Gasteiger partial charge is 0.383 e. The van der Waals surface area contributed by atoms with Gasteiger partial charge in [0.2, 0.25) is 0 Å². The second-order valence-electron chi connectivity index (χ2n) is 8.48. The van der Waals surface area contributed by atoms with E-state index in [1.54, 1.807) is 18.9 Å². The summed E-state index contributed by atoms with van der Waals surface area (Å²) in [5.74, 6) is 1.55. The molecule has 1 N–H and O–H groups in total. The number of hydrogen-bond acceptors (Lipinski definition) is 7. The average Bonchev–Trinajstić information content (AvgIpc) is 2.78. The van der Waals surface area contributed by atoms with Crippen molar-refractivity contribution in [2.45, 2.75) is 37.1 Å². The van der Waals surface area contributed by atoms with E-state index in [4.69, 9.17) is 19.4 Å². The lowest BCUT2D eigenvalue weighted by atomic mass is 9.92. The highest BCUT2D eigenvalue weighted by molar-refractivity contribution is 7.98. The van der Waals surface area contributed by atoms with Gasteiger partial charge in [-0.15, -0.1) is 0 Å². The number of nitrogens with one attached hydrogen (secondary N) is 1. The summed E-state index contributed by atoms with van der Waals surface area (Å²) < 4.78 is 10.5. The molecule has 1 aliphatic rings. The smallest absolute Gasteiger partial charge is 0.251 e. The molecule has 1 aromatic carbocycles. The highest BCUT2D eigenvalue weighted by Gasteiger charge is 2.21. The van der Waals surface area contributed by atoms with E-state index < -0.39 is 0 Å². The van der Waals surface area contributed by atoms with Gasteiger partial charge >= 0.3 is 0 Å². The standard InChI is InChI=1S/C23H32N4O3S/c1-23(2,3)19-15-20(27-9-12-30-13-10-27)26-22(25-19)31-16-17-6-5-7-18(14-17)21(28)24-8-11-29-4/h5-7,14-15H,8-13,16H2,1-4H3,(H,24,28). The molecule has 0 unspecified atom stereocenters. The van der Waals surface area contributed by atoms with Gasteiger partial charge in [0.05, 0.1) is 25.5 Å². The molecule has 168 valence electrons. The molecule has 1 amide bonds. The van der Waals surface area contributed by atoms with Crippen LogP contribution in [0.25, 0.3) is 0 Å². The number of morpholine rings is 1. The first kappa shape index (κ1) is 23.5. The summed E-state index contributed by atoms with van der Waals surface area (Å²) in [5, 5.41) is 3.61. The fourth-order valence-corrected chi connectivity index (χ4v) is 3.93. The quantitative estimate of drug-likeness (QED) is 0.380. The third-order valence-electron chi connectivity index (χ3n) is 4.94. The molecule has 1 fully saturated rings. The Hall–Kier alpha value is -2.16. The first-order chi connectivity index (χ1) is 14.9. The van der Waals surface area contributed by atoms with E-state index in [1.165, 1.54) is 0 Å². The van der Waals surface area contributed by atoms with Crippen molar-refractivity contribution >= 4 is 23.5 Å². The molecule has 1 aromatic heterocycles. The van der Waals surface area contributed by atoms with Gasteiger partial charge in [0.15, 0.2) is 5.16 Å². The summed E-state index contributed by atoms with van der Waals surface area (Å²) >= 11 is 1.59. The number of hydrogen-bond donors (Lipinski definition) is 1. The van der Waals surface area contributed by atoms with Gasteiger partial charge < -0.3 is 19.7 Å². The highest BCUT2D eigenvalue weighted by Crippen LogP contribution is 2.28. The van der Waals surface area contributed by atoms with Crippen molar-refractivity contribution < 1.29 is 14.3 Å². The van der Waals surface area contributed by atoms with Crippen molar-refractivity contribution in [3.05, 3.63) is 47.2 Å². The van der Waals surface area contributed by atoms with E-state index in [1.807, 2.05) is 24.3 Å². The van der Waals surface area contributed by atoms with E-state index in [2.05, 4.69) is 37.1 Å². The molecule has 2 aromatic rings. The molecule has 2 heterocycles. The number of thioether (sulfide) groups is 1. The molecule has 8 heteroatoms. The molecular weight excluding hydrogens is 412 g/mol. The van der Waals surface area contributed by atoms with Crippen molar-refractivity contribution in [1.82, 2.24) is 15.3 Å². The third kappa shape index (κ3) is 6.92. The number of methoxy groups -OCH3 is 1. The number of carbonyl (C=O) groups is 1. The van der Waals surface area contributed by atoms with Crippen LogP contribution < -0.4 is 10.2 Å². The van der Waals surface area contributed by atoms with Gasteiger partial charge in [-0.05, 0) is 17.7 Å². The van der Waals surface area contributed by atoms with Crippen LogP contribution in [0.15, 0.2) is 35.5 Å². The van der Waals surface area contributed by atoms with Gasteiger partial charge in [0.1, 0.15) is 5.82 Å². The molecule has 31 heavy (non-hydrogen) atoms. The summed E-state index contributed by atoms with van der Waals surface area (Å²) in [7, 11) is 1.62. The number of nitrogens with zero attached hydrogens (tertiary/aromatic N) is 3. The van der Waals surface area contributed by atoms with E-state index in [-0.39, 0.29) is 11.3 Å². The van der Waals surface area contributed by atoms with Crippen molar-refractivity contribution in [2.75, 3.05) is 51.5 Å². The maximum absolute atomic E-state index is 12.3. The molecule has 0 atom stereocenters. The molecular formula is C23H32N4O3S. The van der Waals surface area contributed by atoms with Gasteiger partial charge in [-0.2, -0.15) is 0 Å². The van der Waals surface area contributed by atoms with Gasteiger partial charge in [-0.3, -0.25) is 4.79 Å². The SMILES string of the molecule is COCCNC(=O)c1cccc(CSc2nc(N3CCOCC3)cc(C(C)(C)C)n2)c1. The Morgan fingerprint density at radius 3 is 2.71 bits per heavy atom. The Bertz CT molecular complexity index is 879. The second kappa shape index (κ2) is 10.9. The lowest BCUT2D eigenvalue weighted by molar-refractivity contribution is 0.0937. The Kier molecular flexibility index (Phi) is 8.28. The monoisotopic (exact) mass is 444 g/mol. The first-order valence-electron chi connectivity index (χ1n) is 10.6. The van der Waals surface area contributed by atoms with Crippen LogP contribution in [0.4, 0.5) is 5.82 Å². The molecule has 1 aliphatic heterocycles. The van der Waals surface area contributed by atoms with Crippen molar-refractivity contribution in [3.63, 3.8) is 0 Å². The Morgan fingerprint density at radius 2 is 2.00 bits per heavy atom. The van der Waals surface area contributed by atoms with Gasteiger partial charge in [-0.1, -0.05) is 44.7 Å². The zero-order valence-electron chi connectivity index (χ0n) is 18.8. The minimum absolute atomic E-state index is 0.0699. The van der Waals surface area contributed by atoms with Crippen molar-refractivity contribution in [3.8, 4) is 0 Å². The average molecular weight is 445 g/mol. The minimum atomic E-state index is -0.0931. The summed E-state index contributed by atoms with van der Waals surface area (Å²) in [6.07, 6.45) is 0. The Labute approximate surface area is 188 Å². The predicted octanol–water partition coefficient (Wildman–Crippen LogP) is 3.28. The molecule has 7 nitrogen and oxygen atoms in total. The molecule has 0 spiro atoms. The van der Waals surface area contributed by atoms with E-state index in [9.17, 15) is 4.79 Å². The summed E-state index contributed by atoms with van der Waals surface area (Å²) in [4.78, 5) is 24.2. The zero-order chi connectivity index (χ0) is 22.3. The number of amides is 1. The zero-order valence-corrected chi connectivity index (χ0v) is 19.6. The second-order valence-corrected chi connectivity index (χ2v) is 9.42. The maximum atomic E-state index is 12.3. The fraction of sp³-hybridized carbons (Fsp3) is 0.522. The third-order valence-corrected chi connectivity index (χ3v) is 5.86. The fourth-order valence-electron chi connectivity index (χ4n) is 3.14. The molecule has 0 saturated carbocycles. The molecule has 0 bridgehead atoms. The summed E-state index contributed by atoms with van der Waals surface area (Å²) in [6.45, 7) is 10.6. The molecule has 0 aliphatic carbocycles. The lowest BCUT2D eigenvalue weighted by Gasteiger charge is -2.29. The van der Waals surface area contributed by atoms with Gasteiger partial charge in [0, 0.05) is 49.5 Å². The minimum Gasteiger partial charge on any atom is -0.383 e. The number of ether oxygens (including phenoxy) is 2. The van der Waals surface area contributed by atoms with Gasteiger partial charge in [0.25, 0.3) is 5.91 Å². The predicted molar refractivity (Wildman–Crippen MR) is 124 cm³/mol. The Balaban J connectivity index is 1.73. The number of benzene rings is 1. The van der Waals surface area contributed by atoms with Crippen LogP contribution in [0.1, 0.15) is 42.4 Å². The first-order valence-corrected chi connectivity index (χ1v) is 11.6. The summed E-state index contributed by atoms with van der Waals surface area (Å²) in [6, 6.07) is 9.78. The van der Waals surface area contributed by atoms with Crippen LogP contribution in [0, 0.1) is 0 Å². The highest BCUT2D eigenvalue weighted by atomic mass is 32.2. The van der Waals surface area contributed by atoms with Crippen LogP contribution in [0.3, 0.4) is 0 Å². The number of anilines is 1. The number of carbonyl (C=O) groups excluding carboxylic acids is 1. The lowest BCUT2D eigenvalue weighted by Crippen LogP contribution is -2.37. The van der Waals surface area contributed by atoms with Crippen LogP contribution in [-0.2, 0) is 20.6 Å².